The molecule has 0 radical (unpaired) electrons. The predicted octanol–water partition coefficient (Wildman–Crippen LogP) is 4.57. The Labute approximate surface area is 148 Å². The molecule has 1 fully saturated rings. The van der Waals surface area contributed by atoms with Crippen molar-refractivity contribution in [3.8, 4) is 0 Å². The molecule has 1 saturated carbocycles. The smallest absolute Gasteiger partial charge is 0.334 e. The summed E-state index contributed by atoms with van der Waals surface area (Å²) in [4.78, 5) is 2.76. The third kappa shape index (κ3) is 7.82. The van der Waals surface area contributed by atoms with Crippen molar-refractivity contribution in [2.75, 3.05) is 19.9 Å². The molecule has 1 rings (SSSR count). The molecule has 1 unspecified atom stereocenters. The Morgan fingerprint density at radius 2 is 1.74 bits per heavy atom. The van der Waals surface area contributed by atoms with Crippen molar-refractivity contribution >= 4 is 17.4 Å². The molecule has 1 aliphatic rings. The highest BCUT2D eigenvalue weighted by molar-refractivity contribution is 6.67. The quantitative estimate of drug-likeness (QED) is 0.563. The predicted molar refractivity (Wildman–Crippen MR) is 106 cm³/mol. The van der Waals surface area contributed by atoms with E-state index in [4.69, 9.17) is 8.85 Å². The molecule has 0 saturated heterocycles. The lowest BCUT2D eigenvalue weighted by molar-refractivity contribution is 0.0595. The first-order valence-corrected chi connectivity index (χ1v) is 15.3. The average Bonchev–Trinajstić information content (AvgIpc) is 2.49. The number of hydrogen-bond acceptors (Lipinski definition) is 3. The van der Waals surface area contributed by atoms with E-state index in [0.717, 1.165) is 18.3 Å². The van der Waals surface area contributed by atoms with Crippen molar-refractivity contribution in [2.45, 2.75) is 96.6 Å². The summed E-state index contributed by atoms with van der Waals surface area (Å²) in [6.07, 6.45) is 9.16. The number of nitrogens with zero attached hydrogens (tertiary/aromatic N) is 1. The summed E-state index contributed by atoms with van der Waals surface area (Å²) in [5.41, 5.74) is 0.263. The summed E-state index contributed by atoms with van der Waals surface area (Å²) in [5, 5.41) is 0. The first-order chi connectivity index (χ1) is 10.7. The maximum absolute atomic E-state index is 6.21. The molecule has 0 heterocycles. The Morgan fingerprint density at radius 3 is 2.22 bits per heavy atom. The van der Waals surface area contributed by atoms with Gasteiger partial charge in [-0.05, 0) is 59.2 Å². The van der Waals surface area contributed by atoms with E-state index in [-0.39, 0.29) is 5.54 Å². The Hall–Kier alpha value is 0.314. The second-order valence-corrected chi connectivity index (χ2v) is 15.4. The van der Waals surface area contributed by atoms with Crippen LogP contribution in [0, 0.1) is 0 Å². The van der Waals surface area contributed by atoms with Gasteiger partial charge in [-0.15, -0.1) is 0 Å². The summed E-state index contributed by atoms with van der Waals surface area (Å²) in [6, 6.07) is 1.90. The molecule has 0 bridgehead atoms. The second-order valence-electron chi connectivity index (χ2n) is 8.80. The number of rotatable bonds is 9. The molecule has 5 heteroatoms. The SMILES string of the molecule is CO[Si](C)(CCCN(C1CCCCC1)C(C)(C)C)OC[SiH](C)C. The Bertz CT molecular complexity index is 327. The van der Waals surface area contributed by atoms with Crippen molar-refractivity contribution in [1.82, 2.24) is 4.90 Å². The van der Waals surface area contributed by atoms with Crippen LogP contribution in [0.1, 0.15) is 59.3 Å². The van der Waals surface area contributed by atoms with E-state index >= 15 is 0 Å². The molecular weight excluding hydrogens is 318 g/mol. The van der Waals surface area contributed by atoms with Crippen molar-refractivity contribution < 1.29 is 8.85 Å². The Balaban J connectivity index is 2.53. The van der Waals surface area contributed by atoms with Gasteiger partial charge in [0.25, 0.3) is 0 Å². The van der Waals surface area contributed by atoms with Gasteiger partial charge in [-0.2, -0.15) is 0 Å². The van der Waals surface area contributed by atoms with Crippen molar-refractivity contribution in [2.24, 2.45) is 0 Å². The summed E-state index contributed by atoms with van der Waals surface area (Å²) in [7, 11) is -0.776. The van der Waals surface area contributed by atoms with E-state index in [1.807, 2.05) is 7.11 Å². The number of hydrogen-bond donors (Lipinski definition) is 0. The lowest BCUT2D eigenvalue weighted by Gasteiger charge is -2.44. The van der Waals surface area contributed by atoms with E-state index < -0.39 is 17.4 Å². The molecule has 1 aliphatic carbocycles. The molecule has 23 heavy (non-hydrogen) atoms. The lowest BCUT2D eigenvalue weighted by atomic mass is 9.90. The molecular formula is C18H41NO2Si2. The Morgan fingerprint density at radius 1 is 1.13 bits per heavy atom. The first kappa shape index (κ1) is 21.4. The monoisotopic (exact) mass is 359 g/mol. The highest BCUT2D eigenvalue weighted by Gasteiger charge is 2.33. The molecule has 0 aromatic carbocycles. The highest BCUT2D eigenvalue weighted by atomic mass is 28.4. The van der Waals surface area contributed by atoms with Gasteiger partial charge in [0.1, 0.15) is 0 Å². The molecule has 1 atom stereocenters. The van der Waals surface area contributed by atoms with Crippen LogP contribution in [-0.4, -0.2) is 53.7 Å². The molecule has 0 aromatic heterocycles. The largest absolute Gasteiger partial charge is 0.398 e. The van der Waals surface area contributed by atoms with Gasteiger partial charge >= 0.3 is 8.56 Å². The van der Waals surface area contributed by atoms with Crippen molar-refractivity contribution in [3.05, 3.63) is 0 Å². The minimum atomic E-state index is -1.95. The molecule has 0 spiro atoms. The standard InChI is InChI=1S/C18H41NO2Si2/c1-18(2,3)19(17-12-9-8-10-13-17)14-11-15-23(7,20-4)21-16-22(5)6/h17,22H,8-16H2,1-7H3. The van der Waals surface area contributed by atoms with Gasteiger partial charge in [-0.3, -0.25) is 4.90 Å². The minimum Gasteiger partial charge on any atom is -0.398 e. The normalized spacial score (nSPS) is 20.2. The third-order valence-electron chi connectivity index (χ3n) is 5.06. The zero-order valence-corrected chi connectivity index (χ0v) is 18.9. The Kier molecular flexibility index (Phi) is 9.01. The first-order valence-electron chi connectivity index (χ1n) is 9.64. The average molecular weight is 360 g/mol. The van der Waals surface area contributed by atoms with Gasteiger partial charge in [-0.1, -0.05) is 32.4 Å². The van der Waals surface area contributed by atoms with Gasteiger partial charge in [0.2, 0.25) is 0 Å². The highest BCUT2D eigenvalue weighted by Crippen LogP contribution is 2.29. The second kappa shape index (κ2) is 9.71. The van der Waals surface area contributed by atoms with Gasteiger partial charge in [0, 0.05) is 24.9 Å². The minimum absolute atomic E-state index is 0.263. The summed E-state index contributed by atoms with van der Waals surface area (Å²) < 4.78 is 12.0. The van der Waals surface area contributed by atoms with Crippen molar-refractivity contribution in [1.29, 1.82) is 0 Å². The lowest BCUT2D eigenvalue weighted by Crippen LogP contribution is -2.50. The van der Waals surface area contributed by atoms with E-state index in [1.54, 1.807) is 0 Å². The fourth-order valence-corrected chi connectivity index (χ4v) is 7.62. The van der Waals surface area contributed by atoms with E-state index in [9.17, 15) is 0 Å². The molecule has 0 aromatic rings. The van der Waals surface area contributed by atoms with Crippen molar-refractivity contribution in [3.63, 3.8) is 0 Å². The molecule has 0 aliphatic heterocycles. The van der Waals surface area contributed by atoms with Gasteiger partial charge in [0.15, 0.2) is 0 Å². The van der Waals surface area contributed by atoms with Crippen LogP contribution < -0.4 is 0 Å². The van der Waals surface area contributed by atoms with Crippen LogP contribution in [0.4, 0.5) is 0 Å². The van der Waals surface area contributed by atoms with E-state index in [0.29, 0.717) is 0 Å². The van der Waals surface area contributed by atoms with Crippen LogP contribution in [0.15, 0.2) is 0 Å². The molecule has 138 valence electrons. The zero-order chi connectivity index (χ0) is 17.5. The maximum Gasteiger partial charge on any atom is 0.334 e. The third-order valence-corrected chi connectivity index (χ3v) is 9.13. The van der Waals surface area contributed by atoms with E-state index in [1.165, 1.54) is 45.1 Å². The molecule has 0 N–H and O–H groups in total. The fraction of sp³-hybridized carbons (Fsp3) is 1.00. The van der Waals surface area contributed by atoms with Crippen LogP contribution in [0.5, 0.6) is 0 Å². The topological polar surface area (TPSA) is 21.7 Å². The van der Waals surface area contributed by atoms with Crippen LogP contribution in [0.3, 0.4) is 0 Å². The van der Waals surface area contributed by atoms with Gasteiger partial charge in [0.05, 0.1) is 8.80 Å². The van der Waals surface area contributed by atoms with Crippen LogP contribution in [0.2, 0.25) is 25.7 Å². The van der Waals surface area contributed by atoms with Crippen LogP contribution >= 0.6 is 0 Å². The van der Waals surface area contributed by atoms with E-state index in [2.05, 4.69) is 45.3 Å². The summed E-state index contributed by atoms with van der Waals surface area (Å²) in [5.74, 6) is 0. The van der Waals surface area contributed by atoms with Gasteiger partial charge < -0.3 is 8.85 Å². The van der Waals surface area contributed by atoms with Crippen LogP contribution in [0.25, 0.3) is 0 Å². The molecule has 3 nitrogen and oxygen atoms in total. The zero-order valence-electron chi connectivity index (χ0n) is 16.8. The van der Waals surface area contributed by atoms with Crippen LogP contribution in [-0.2, 0) is 8.85 Å². The molecule has 0 amide bonds. The maximum atomic E-state index is 6.21. The summed E-state index contributed by atoms with van der Waals surface area (Å²) in [6.45, 7) is 15.2. The fourth-order valence-electron chi connectivity index (χ4n) is 3.61. The van der Waals surface area contributed by atoms with Gasteiger partial charge in [-0.25, -0.2) is 0 Å². The summed E-state index contributed by atoms with van der Waals surface area (Å²) >= 11 is 0.